The van der Waals surface area contributed by atoms with Crippen LogP contribution in [-0.2, 0) is 16.1 Å². The number of hydrogen-bond donors (Lipinski definition) is 0. The summed E-state index contributed by atoms with van der Waals surface area (Å²) in [5, 5.41) is 3.72. The Morgan fingerprint density at radius 2 is 1.91 bits per heavy atom. The number of para-hydroxylation sites is 1. The van der Waals surface area contributed by atoms with Gasteiger partial charge in [-0.3, -0.25) is 14.3 Å². The lowest BCUT2D eigenvalue weighted by molar-refractivity contribution is -0.145. The average molecular weight is 328 g/mol. The summed E-state index contributed by atoms with van der Waals surface area (Å²) in [5.41, 5.74) is -0.452. The maximum Gasteiger partial charge on any atom is 0.456 e. The lowest BCUT2D eigenvalue weighted by Crippen LogP contribution is -2.24. The molecule has 0 N–H and O–H groups in total. The third kappa shape index (κ3) is 3.88. The number of esters is 1. The Hall–Kier alpha value is -2.38. The molecule has 0 spiro atoms. The zero-order chi connectivity index (χ0) is 17.2. The van der Waals surface area contributed by atoms with Crippen molar-refractivity contribution in [1.29, 1.82) is 0 Å². The fraction of sp³-hybridized carbons (Fsp3) is 0.400. The number of fused-ring (bicyclic) bond motifs is 1. The van der Waals surface area contributed by atoms with Crippen LogP contribution in [0.1, 0.15) is 24.3 Å². The molecule has 2 rings (SSSR count). The van der Waals surface area contributed by atoms with Crippen LogP contribution in [0.2, 0.25) is 0 Å². The van der Waals surface area contributed by atoms with Crippen molar-refractivity contribution in [3.8, 4) is 0 Å². The fourth-order valence-corrected chi connectivity index (χ4v) is 1.98. The number of halogens is 3. The zero-order valence-electron chi connectivity index (χ0n) is 12.6. The van der Waals surface area contributed by atoms with Crippen molar-refractivity contribution in [2.45, 2.75) is 26.6 Å². The van der Waals surface area contributed by atoms with Crippen molar-refractivity contribution in [1.82, 2.24) is 9.78 Å². The van der Waals surface area contributed by atoms with Crippen LogP contribution in [0.25, 0.3) is 10.9 Å². The van der Waals surface area contributed by atoms with Crippen LogP contribution in [0, 0.1) is 5.92 Å². The summed E-state index contributed by atoms with van der Waals surface area (Å²) < 4.78 is 44.0. The van der Waals surface area contributed by atoms with Gasteiger partial charge in [-0.2, -0.15) is 18.3 Å². The molecule has 23 heavy (non-hydrogen) atoms. The van der Waals surface area contributed by atoms with Gasteiger partial charge in [0, 0.05) is 5.39 Å². The van der Waals surface area contributed by atoms with Gasteiger partial charge in [0.15, 0.2) is 0 Å². The molecule has 5 nitrogen and oxygen atoms in total. The van der Waals surface area contributed by atoms with Crippen molar-refractivity contribution in [3.05, 3.63) is 30.0 Å². The Bertz CT molecular complexity index is 735. The minimum Gasteiger partial charge on any atom is -0.464 e. The quantitative estimate of drug-likeness (QED) is 0.625. The van der Waals surface area contributed by atoms with Gasteiger partial charge in [-0.1, -0.05) is 32.0 Å². The molecule has 2 aromatic rings. The summed E-state index contributed by atoms with van der Waals surface area (Å²) in [6.45, 7) is 3.55. The van der Waals surface area contributed by atoms with Gasteiger partial charge in [-0.15, -0.1) is 0 Å². The number of alkyl halides is 3. The lowest BCUT2D eigenvalue weighted by Gasteiger charge is -2.07. The Morgan fingerprint density at radius 3 is 2.52 bits per heavy atom. The highest BCUT2D eigenvalue weighted by Crippen LogP contribution is 2.26. The van der Waals surface area contributed by atoms with Gasteiger partial charge in [0.05, 0.1) is 12.1 Å². The number of Topliss-reactive ketones (excluding diaryl/α,β-unsaturated/α-hetero) is 1. The van der Waals surface area contributed by atoms with Crippen LogP contribution in [-0.4, -0.2) is 34.3 Å². The molecule has 0 aliphatic carbocycles. The standard InChI is InChI=1S/C15H15F3N2O3/c1-9(2)8-23-12(21)7-20-11-6-4-3-5-10(11)13(19-20)14(22)15(16,17)18/h3-6,9H,7-8H2,1-2H3. The van der Waals surface area contributed by atoms with Crippen molar-refractivity contribution in [3.63, 3.8) is 0 Å². The highest BCUT2D eigenvalue weighted by atomic mass is 19.4. The second-order valence-electron chi connectivity index (χ2n) is 5.43. The molecule has 124 valence electrons. The molecular weight excluding hydrogens is 313 g/mol. The van der Waals surface area contributed by atoms with Gasteiger partial charge in [0.25, 0.3) is 5.78 Å². The molecule has 0 saturated carbocycles. The first-order valence-electron chi connectivity index (χ1n) is 6.93. The van der Waals surface area contributed by atoms with E-state index in [4.69, 9.17) is 4.74 Å². The smallest absolute Gasteiger partial charge is 0.456 e. The second kappa shape index (κ2) is 6.39. The number of ketones is 1. The monoisotopic (exact) mass is 328 g/mol. The second-order valence-corrected chi connectivity index (χ2v) is 5.43. The van der Waals surface area contributed by atoms with Crippen LogP contribution in [0.3, 0.4) is 0 Å². The van der Waals surface area contributed by atoms with E-state index in [1.165, 1.54) is 18.2 Å². The lowest BCUT2D eigenvalue weighted by atomic mass is 10.1. The van der Waals surface area contributed by atoms with Crippen LogP contribution < -0.4 is 0 Å². The van der Waals surface area contributed by atoms with E-state index in [0.717, 1.165) is 4.68 Å². The minimum absolute atomic E-state index is 0.0477. The predicted molar refractivity (Wildman–Crippen MR) is 75.9 cm³/mol. The summed E-state index contributed by atoms with van der Waals surface area (Å²) in [5.74, 6) is -2.53. The largest absolute Gasteiger partial charge is 0.464 e. The number of benzene rings is 1. The molecule has 1 aromatic carbocycles. The molecule has 0 atom stereocenters. The first-order chi connectivity index (χ1) is 10.7. The third-order valence-corrected chi connectivity index (χ3v) is 2.99. The van der Waals surface area contributed by atoms with Crippen molar-refractivity contribution in [2.24, 2.45) is 5.92 Å². The van der Waals surface area contributed by atoms with Crippen LogP contribution >= 0.6 is 0 Å². The first kappa shape index (κ1) is 17.0. The van der Waals surface area contributed by atoms with E-state index < -0.39 is 23.6 Å². The molecule has 1 aromatic heterocycles. The number of hydrogen-bond acceptors (Lipinski definition) is 4. The van der Waals surface area contributed by atoms with Crippen molar-refractivity contribution >= 4 is 22.7 Å². The summed E-state index contributed by atoms with van der Waals surface area (Å²) in [7, 11) is 0. The molecule has 0 fully saturated rings. The molecule has 8 heteroatoms. The fourth-order valence-electron chi connectivity index (χ4n) is 1.98. The number of ether oxygens (including phenoxy) is 1. The molecule has 0 radical (unpaired) electrons. The molecule has 0 unspecified atom stereocenters. The van der Waals surface area contributed by atoms with Gasteiger partial charge in [-0.25, -0.2) is 0 Å². The van der Waals surface area contributed by atoms with E-state index in [2.05, 4.69) is 5.10 Å². The van der Waals surface area contributed by atoms with Crippen molar-refractivity contribution < 1.29 is 27.5 Å². The molecular formula is C15H15F3N2O3. The summed E-state index contributed by atoms with van der Waals surface area (Å²) in [4.78, 5) is 23.2. The van der Waals surface area contributed by atoms with Gasteiger partial charge >= 0.3 is 12.1 Å². The van der Waals surface area contributed by atoms with Crippen LogP contribution in [0.15, 0.2) is 24.3 Å². The molecule has 0 saturated heterocycles. The highest BCUT2D eigenvalue weighted by molar-refractivity contribution is 6.08. The molecule has 0 aliphatic heterocycles. The summed E-state index contributed by atoms with van der Waals surface area (Å²) in [6, 6.07) is 5.93. The van der Waals surface area contributed by atoms with E-state index in [0.29, 0.717) is 0 Å². The van der Waals surface area contributed by atoms with E-state index >= 15 is 0 Å². The Morgan fingerprint density at radius 1 is 1.26 bits per heavy atom. The van der Waals surface area contributed by atoms with Gasteiger partial charge < -0.3 is 4.74 Å². The normalized spacial score (nSPS) is 11.9. The highest BCUT2D eigenvalue weighted by Gasteiger charge is 2.42. The topological polar surface area (TPSA) is 61.2 Å². The molecule has 0 bridgehead atoms. The van der Waals surface area contributed by atoms with Crippen LogP contribution in [0.4, 0.5) is 13.2 Å². The van der Waals surface area contributed by atoms with Crippen molar-refractivity contribution in [2.75, 3.05) is 6.61 Å². The van der Waals surface area contributed by atoms with Gasteiger partial charge in [0.2, 0.25) is 0 Å². The maximum absolute atomic E-state index is 12.7. The van der Waals surface area contributed by atoms with Gasteiger partial charge in [0.1, 0.15) is 12.2 Å². The van der Waals surface area contributed by atoms with E-state index in [1.54, 1.807) is 6.07 Å². The van der Waals surface area contributed by atoms with E-state index in [-0.39, 0.29) is 30.0 Å². The SMILES string of the molecule is CC(C)COC(=O)Cn1nc(C(=O)C(F)(F)F)c2ccccc21. The molecule has 0 amide bonds. The zero-order valence-corrected chi connectivity index (χ0v) is 12.6. The summed E-state index contributed by atoms with van der Waals surface area (Å²) >= 11 is 0. The average Bonchev–Trinajstić information content (AvgIpc) is 2.82. The third-order valence-electron chi connectivity index (χ3n) is 2.99. The number of carbonyl (C=O) groups excluding carboxylic acids is 2. The van der Waals surface area contributed by atoms with E-state index in [9.17, 15) is 22.8 Å². The number of carbonyl (C=O) groups is 2. The predicted octanol–water partition coefficient (Wildman–Crippen LogP) is 2.98. The number of nitrogens with zero attached hydrogens (tertiary/aromatic N) is 2. The van der Waals surface area contributed by atoms with E-state index in [1.807, 2.05) is 13.8 Å². The summed E-state index contributed by atoms with van der Waals surface area (Å²) in [6.07, 6.45) is -5.03. The Labute approximate surface area is 130 Å². The Balaban J connectivity index is 2.35. The molecule has 1 heterocycles. The number of aromatic nitrogens is 2. The Kier molecular flexibility index (Phi) is 4.72. The minimum atomic E-state index is -5.03. The van der Waals surface area contributed by atoms with Crippen LogP contribution in [0.5, 0.6) is 0 Å². The van der Waals surface area contributed by atoms with Gasteiger partial charge in [-0.05, 0) is 12.0 Å². The first-order valence-corrected chi connectivity index (χ1v) is 6.93. The molecule has 0 aliphatic rings. The maximum atomic E-state index is 12.7. The number of rotatable bonds is 5.